The number of anilines is 1. The molecule has 2 saturated heterocycles. The lowest BCUT2D eigenvalue weighted by molar-refractivity contribution is -0.274. The number of likely N-dealkylation sites (tertiary alicyclic amines) is 1. The minimum Gasteiger partial charge on any atom is -0.444 e. The first-order valence-corrected chi connectivity index (χ1v) is 14.1. The number of amides is 2. The number of rotatable bonds is 5. The Kier molecular flexibility index (Phi) is 8.41. The van der Waals surface area contributed by atoms with Crippen molar-refractivity contribution in [3.63, 3.8) is 0 Å². The van der Waals surface area contributed by atoms with Gasteiger partial charge in [-0.2, -0.15) is 0 Å². The third kappa shape index (κ3) is 7.29. The predicted molar refractivity (Wildman–Crippen MR) is 150 cm³/mol. The number of halogens is 3. The molecule has 11 nitrogen and oxygen atoms in total. The number of carbonyl (C=O) groups is 2. The number of imidazole rings is 1. The summed E-state index contributed by atoms with van der Waals surface area (Å²) in [4.78, 5) is 47.8. The molecule has 14 heteroatoms. The highest BCUT2D eigenvalue weighted by Gasteiger charge is 2.33. The van der Waals surface area contributed by atoms with Crippen LogP contribution in [0, 0.1) is 0 Å². The molecule has 1 unspecified atom stereocenters. The molecule has 4 heterocycles. The van der Waals surface area contributed by atoms with Gasteiger partial charge in [0.15, 0.2) is 5.65 Å². The van der Waals surface area contributed by atoms with Gasteiger partial charge in [-0.1, -0.05) is 0 Å². The smallest absolute Gasteiger partial charge is 0.444 e. The van der Waals surface area contributed by atoms with Crippen molar-refractivity contribution in [2.24, 2.45) is 0 Å². The van der Waals surface area contributed by atoms with Gasteiger partial charge in [-0.3, -0.25) is 19.7 Å². The van der Waals surface area contributed by atoms with Gasteiger partial charge in [0, 0.05) is 43.9 Å². The number of aromatic nitrogens is 3. The van der Waals surface area contributed by atoms with Crippen LogP contribution in [0.5, 0.6) is 5.75 Å². The number of ether oxygens (including phenoxy) is 3. The van der Waals surface area contributed by atoms with E-state index >= 15 is 0 Å². The average molecular weight is 606 g/mol. The fraction of sp³-hybridized carbons (Fsp3) is 0.517. The van der Waals surface area contributed by atoms with Gasteiger partial charge in [-0.25, -0.2) is 14.6 Å². The van der Waals surface area contributed by atoms with Crippen molar-refractivity contribution >= 4 is 28.9 Å². The molecule has 0 spiro atoms. The maximum absolute atomic E-state index is 13.6. The van der Waals surface area contributed by atoms with Gasteiger partial charge in [0.05, 0.1) is 23.4 Å². The van der Waals surface area contributed by atoms with Gasteiger partial charge in [0.25, 0.3) is 5.91 Å². The van der Waals surface area contributed by atoms with E-state index in [-0.39, 0.29) is 42.0 Å². The molecule has 0 radical (unpaired) electrons. The molecular formula is C29H34F3N5O6. The standard InChI is InChI=1S/C29H34F3N5O6/c1-28(2,3)43-27(40)34-22-14-20(42-29(30,31)32)6-7-21(22)25(38)36-10-8-19(9-11-36)37-23-13-18(17-5-4-12-41-16-17)15-33-24(23)35-26(37)39/h6-7,13-15,17,19H,4-5,8-12,16H2,1-3H3,(H,34,40)(H,33,35,39). The number of carbonyl (C=O) groups excluding carboxylic acids is 2. The summed E-state index contributed by atoms with van der Waals surface area (Å²) < 4.78 is 55.1. The Bertz CT molecular complexity index is 1550. The van der Waals surface area contributed by atoms with Gasteiger partial charge in [0.1, 0.15) is 11.4 Å². The van der Waals surface area contributed by atoms with Crippen molar-refractivity contribution in [1.29, 1.82) is 0 Å². The lowest BCUT2D eigenvalue weighted by atomic mass is 9.95. The zero-order chi connectivity index (χ0) is 30.9. The molecule has 2 N–H and O–H groups in total. The Labute approximate surface area is 245 Å². The zero-order valence-corrected chi connectivity index (χ0v) is 24.1. The van der Waals surface area contributed by atoms with Gasteiger partial charge in [-0.15, -0.1) is 13.2 Å². The van der Waals surface area contributed by atoms with Crippen molar-refractivity contribution in [3.05, 3.63) is 52.1 Å². The number of nitrogens with zero attached hydrogens (tertiary/aromatic N) is 3. The van der Waals surface area contributed by atoms with Crippen LogP contribution in [0.2, 0.25) is 0 Å². The first-order valence-electron chi connectivity index (χ1n) is 14.1. The highest BCUT2D eigenvalue weighted by Crippen LogP contribution is 2.32. The molecule has 2 aliphatic heterocycles. The molecule has 0 aliphatic carbocycles. The van der Waals surface area contributed by atoms with Crippen LogP contribution >= 0.6 is 0 Å². The molecular weight excluding hydrogens is 571 g/mol. The Morgan fingerprint density at radius 3 is 2.51 bits per heavy atom. The van der Waals surface area contributed by atoms with Crippen LogP contribution in [0.1, 0.15) is 74.3 Å². The minimum atomic E-state index is -4.96. The van der Waals surface area contributed by atoms with E-state index in [1.807, 2.05) is 6.07 Å². The number of hydrogen-bond acceptors (Lipinski definition) is 7. The summed E-state index contributed by atoms with van der Waals surface area (Å²) in [5, 5.41) is 2.38. The maximum atomic E-state index is 13.6. The lowest BCUT2D eigenvalue weighted by Gasteiger charge is -2.33. The van der Waals surface area contributed by atoms with E-state index < -0.39 is 29.7 Å². The number of alkyl halides is 3. The van der Waals surface area contributed by atoms with Crippen molar-refractivity contribution in [1.82, 2.24) is 19.4 Å². The van der Waals surface area contributed by atoms with Gasteiger partial charge >= 0.3 is 18.1 Å². The van der Waals surface area contributed by atoms with Crippen LogP contribution < -0.4 is 15.7 Å². The second kappa shape index (κ2) is 11.9. The fourth-order valence-electron chi connectivity index (χ4n) is 5.53. The molecule has 2 fully saturated rings. The van der Waals surface area contributed by atoms with E-state index in [4.69, 9.17) is 9.47 Å². The topological polar surface area (TPSA) is 128 Å². The van der Waals surface area contributed by atoms with Crippen LogP contribution in [0.15, 0.2) is 35.3 Å². The summed E-state index contributed by atoms with van der Waals surface area (Å²) in [6.07, 6.45) is -1.26. The molecule has 232 valence electrons. The lowest BCUT2D eigenvalue weighted by Crippen LogP contribution is -2.40. The van der Waals surface area contributed by atoms with Crippen LogP contribution in [0.4, 0.5) is 23.7 Å². The van der Waals surface area contributed by atoms with E-state index in [9.17, 15) is 27.6 Å². The van der Waals surface area contributed by atoms with Crippen molar-refractivity contribution in [3.8, 4) is 5.75 Å². The summed E-state index contributed by atoms with van der Waals surface area (Å²) in [5.74, 6) is -0.879. The maximum Gasteiger partial charge on any atom is 0.573 e. The molecule has 2 amide bonds. The molecule has 0 saturated carbocycles. The van der Waals surface area contributed by atoms with E-state index in [0.29, 0.717) is 30.6 Å². The number of aromatic amines is 1. The Morgan fingerprint density at radius 2 is 1.86 bits per heavy atom. The summed E-state index contributed by atoms with van der Waals surface area (Å²) in [6.45, 7) is 6.79. The van der Waals surface area contributed by atoms with Crippen molar-refractivity contribution < 1.29 is 37.0 Å². The van der Waals surface area contributed by atoms with Crippen LogP contribution in [-0.4, -0.2) is 69.7 Å². The van der Waals surface area contributed by atoms with E-state index in [1.165, 1.54) is 6.07 Å². The molecule has 2 aliphatic rings. The summed E-state index contributed by atoms with van der Waals surface area (Å²) in [5.41, 5.74) is 0.832. The van der Waals surface area contributed by atoms with E-state index in [0.717, 1.165) is 37.1 Å². The number of benzene rings is 1. The fourth-order valence-corrected chi connectivity index (χ4v) is 5.53. The largest absolute Gasteiger partial charge is 0.573 e. The second-order valence-electron chi connectivity index (χ2n) is 11.8. The summed E-state index contributed by atoms with van der Waals surface area (Å²) in [7, 11) is 0. The highest BCUT2D eigenvalue weighted by molar-refractivity contribution is 6.03. The van der Waals surface area contributed by atoms with Crippen LogP contribution in [0.25, 0.3) is 11.2 Å². The number of H-pyrrole nitrogens is 1. The Balaban J connectivity index is 1.34. The first kappa shape index (κ1) is 30.4. The molecule has 2 aromatic heterocycles. The quantitative estimate of drug-likeness (QED) is 0.402. The van der Waals surface area contributed by atoms with Crippen LogP contribution in [0.3, 0.4) is 0 Å². The monoisotopic (exact) mass is 605 g/mol. The molecule has 0 bridgehead atoms. The minimum absolute atomic E-state index is 0.0216. The summed E-state index contributed by atoms with van der Waals surface area (Å²) >= 11 is 0. The number of piperidine rings is 1. The number of hydrogen-bond donors (Lipinski definition) is 2. The third-order valence-corrected chi connectivity index (χ3v) is 7.43. The van der Waals surface area contributed by atoms with Gasteiger partial charge in [-0.05, 0) is 70.2 Å². The Hall–Kier alpha value is -4.07. The Morgan fingerprint density at radius 1 is 1.12 bits per heavy atom. The normalized spacial score (nSPS) is 18.5. The van der Waals surface area contributed by atoms with Crippen LogP contribution in [-0.2, 0) is 9.47 Å². The molecule has 1 atom stereocenters. The predicted octanol–water partition coefficient (Wildman–Crippen LogP) is 5.34. The summed E-state index contributed by atoms with van der Waals surface area (Å²) in [6, 6.07) is 4.91. The molecule has 5 rings (SSSR count). The second-order valence-corrected chi connectivity index (χ2v) is 11.8. The van der Waals surface area contributed by atoms with E-state index in [1.54, 1.807) is 36.4 Å². The molecule has 43 heavy (non-hydrogen) atoms. The highest BCUT2D eigenvalue weighted by atomic mass is 19.4. The number of pyridine rings is 1. The first-order chi connectivity index (χ1) is 20.3. The van der Waals surface area contributed by atoms with Crippen molar-refractivity contribution in [2.45, 2.75) is 70.4 Å². The molecule has 3 aromatic rings. The molecule has 1 aromatic carbocycles. The van der Waals surface area contributed by atoms with E-state index in [2.05, 4.69) is 20.0 Å². The van der Waals surface area contributed by atoms with Gasteiger partial charge < -0.3 is 19.1 Å². The SMILES string of the molecule is CC(C)(C)OC(=O)Nc1cc(OC(F)(F)F)ccc1C(=O)N1CCC(n2c(=O)[nH]c3ncc(C4CCCOC4)cc32)CC1. The zero-order valence-electron chi connectivity index (χ0n) is 24.1. The average Bonchev–Trinajstić information content (AvgIpc) is 3.26. The van der Waals surface area contributed by atoms with Crippen molar-refractivity contribution in [2.75, 3.05) is 31.6 Å². The third-order valence-electron chi connectivity index (χ3n) is 7.43. The number of fused-ring (bicyclic) bond motifs is 1. The number of nitrogens with one attached hydrogen (secondary N) is 2. The van der Waals surface area contributed by atoms with Gasteiger partial charge in [0.2, 0.25) is 0 Å².